The van der Waals surface area contributed by atoms with E-state index in [1.807, 2.05) is 24.3 Å². The molecule has 2 aromatic rings. The van der Waals surface area contributed by atoms with Gasteiger partial charge in [0.25, 0.3) is 0 Å². The van der Waals surface area contributed by atoms with Crippen LogP contribution in [-0.2, 0) is 6.54 Å². The third kappa shape index (κ3) is 3.00. The highest BCUT2D eigenvalue weighted by Gasteiger charge is 2.00. The molecule has 1 aromatic heterocycles. The first kappa shape index (κ1) is 11.5. The lowest BCUT2D eigenvalue weighted by atomic mass is 10.2. The number of hydrogen-bond acceptors (Lipinski definition) is 3. The monoisotopic (exact) mass is 231 g/mol. The van der Waals surface area contributed by atoms with Crippen molar-refractivity contribution in [3.63, 3.8) is 0 Å². The zero-order valence-corrected chi connectivity index (χ0v) is 9.97. The van der Waals surface area contributed by atoms with Crippen LogP contribution in [0.15, 0.2) is 36.5 Å². The van der Waals surface area contributed by atoms with Crippen LogP contribution in [-0.4, -0.2) is 16.4 Å². The number of nitrogens with zero attached hydrogens (tertiary/aromatic N) is 2. The van der Waals surface area contributed by atoms with E-state index < -0.39 is 0 Å². The van der Waals surface area contributed by atoms with Crippen LogP contribution in [0.25, 0.3) is 0 Å². The van der Waals surface area contributed by atoms with E-state index in [0.29, 0.717) is 12.4 Å². The van der Waals surface area contributed by atoms with Crippen LogP contribution >= 0.6 is 0 Å². The number of anilines is 1. The summed E-state index contributed by atoms with van der Waals surface area (Å²) in [4.78, 5) is 0. The molecule has 0 fully saturated rings. The molecule has 1 aromatic carbocycles. The molecule has 17 heavy (non-hydrogen) atoms. The quantitative estimate of drug-likeness (QED) is 0.859. The Hall–Kier alpha value is -1.97. The van der Waals surface area contributed by atoms with E-state index in [1.165, 1.54) is 0 Å². The van der Waals surface area contributed by atoms with E-state index in [-0.39, 0.29) is 0 Å². The topological polar surface area (TPSA) is 53.1 Å². The van der Waals surface area contributed by atoms with Crippen molar-refractivity contribution in [2.75, 3.05) is 12.3 Å². The summed E-state index contributed by atoms with van der Waals surface area (Å²) in [7, 11) is 0. The zero-order chi connectivity index (χ0) is 12.1. The molecule has 2 N–H and O–H groups in total. The summed E-state index contributed by atoms with van der Waals surface area (Å²) in [5, 5.41) is 4.14. The fourth-order valence-electron chi connectivity index (χ4n) is 1.56. The fourth-order valence-corrected chi connectivity index (χ4v) is 1.56. The minimum Gasteiger partial charge on any atom is -0.494 e. The van der Waals surface area contributed by atoms with Crippen LogP contribution in [0.1, 0.15) is 18.9 Å². The van der Waals surface area contributed by atoms with Gasteiger partial charge in [0.2, 0.25) is 0 Å². The Morgan fingerprint density at radius 2 is 2.00 bits per heavy atom. The van der Waals surface area contributed by atoms with Crippen LogP contribution in [0, 0.1) is 0 Å². The zero-order valence-electron chi connectivity index (χ0n) is 9.97. The summed E-state index contributed by atoms with van der Waals surface area (Å²) in [5.74, 6) is 1.58. The van der Waals surface area contributed by atoms with Gasteiger partial charge in [0.1, 0.15) is 11.6 Å². The maximum atomic E-state index is 5.76. The second-order valence-corrected chi connectivity index (χ2v) is 3.91. The highest BCUT2D eigenvalue weighted by molar-refractivity contribution is 5.30. The lowest BCUT2D eigenvalue weighted by Crippen LogP contribution is -2.05. The molecule has 1 heterocycles. The third-order valence-corrected chi connectivity index (χ3v) is 2.48. The molecule has 0 aliphatic carbocycles. The largest absolute Gasteiger partial charge is 0.494 e. The Morgan fingerprint density at radius 1 is 1.24 bits per heavy atom. The van der Waals surface area contributed by atoms with Gasteiger partial charge in [0.15, 0.2) is 0 Å². The van der Waals surface area contributed by atoms with E-state index in [1.54, 1.807) is 16.9 Å². The predicted octanol–water partition coefficient (Wildman–Crippen LogP) is 2.30. The molecule has 0 aliphatic rings. The molecule has 0 radical (unpaired) electrons. The highest BCUT2D eigenvalue weighted by atomic mass is 16.5. The van der Waals surface area contributed by atoms with Crippen molar-refractivity contribution < 1.29 is 4.74 Å². The Labute approximate surface area is 101 Å². The van der Waals surface area contributed by atoms with Crippen molar-refractivity contribution in [2.45, 2.75) is 19.9 Å². The number of ether oxygens (including phenoxy) is 1. The maximum absolute atomic E-state index is 5.76. The van der Waals surface area contributed by atoms with Crippen molar-refractivity contribution in [3.05, 3.63) is 42.1 Å². The number of benzene rings is 1. The fraction of sp³-hybridized carbons (Fsp3) is 0.308. The highest BCUT2D eigenvalue weighted by Crippen LogP contribution is 2.14. The number of aromatic nitrogens is 2. The Kier molecular flexibility index (Phi) is 3.65. The van der Waals surface area contributed by atoms with Gasteiger partial charge in [0, 0.05) is 0 Å². The van der Waals surface area contributed by atoms with Crippen LogP contribution in [0.3, 0.4) is 0 Å². The molecule has 2 rings (SSSR count). The molecule has 0 spiro atoms. The molecular formula is C13H17N3O. The summed E-state index contributed by atoms with van der Waals surface area (Å²) >= 11 is 0. The lowest BCUT2D eigenvalue weighted by molar-refractivity contribution is 0.317. The normalized spacial score (nSPS) is 10.4. The van der Waals surface area contributed by atoms with Gasteiger partial charge >= 0.3 is 0 Å². The third-order valence-electron chi connectivity index (χ3n) is 2.48. The number of nitrogens with two attached hydrogens (primary N) is 1. The molecule has 4 heteroatoms. The van der Waals surface area contributed by atoms with E-state index in [9.17, 15) is 0 Å². The van der Waals surface area contributed by atoms with Gasteiger partial charge < -0.3 is 10.5 Å². The minimum absolute atomic E-state index is 0.677. The van der Waals surface area contributed by atoms with Crippen molar-refractivity contribution in [3.8, 4) is 5.75 Å². The average molecular weight is 231 g/mol. The van der Waals surface area contributed by atoms with Gasteiger partial charge in [-0.25, -0.2) is 4.68 Å². The molecule has 0 saturated carbocycles. The SMILES string of the molecule is CCCOc1ccc(Cn2nccc2N)cc1. The van der Waals surface area contributed by atoms with Crippen molar-refractivity contribution in [1.82, 2.24) is 9.78 Å². The smallest absolute Gasteiger partial charge is 0.122 e. The van der Waals surface area contributed by atoms with Gasteiger partial charge in [-0.1, -0.05) is 19.1 Å². The van der Waals surface area contributed by atoms with Crippen molar-refractivity contribution in [2.24, 2.45) is 0 Å². The van der Waals surface area contributed by atoms with Crippen molar-refractivity contribution in [1.29, 1.82) is 0 Å². The molecule has 0 atom stereocenters. The summed E-state index contributed by atoms with van der Waals surface area (Å²) in [6.45, 7) is 3.53. The number of hydrogen-bond donors (Lipinski definition) is 1. The van der Waals surface area contributed by atoms with E-state index >= 15 is 0 Å². The lowest BCUT2D eigenvalue weighted by Gasteiger charge is -2.07. The molecule has 90 valence electrons. The molecule has 0 aliphatic heterocycles. The van der Waals surface area contributed by atoms with E-state index in [2.05, 4.69) is 12.0 Å². The summed E-state index contributed by atoms with van der Waals surface area (Å²) in [6.07, 6.45) is 2.72. The standard InChI is InChI=1S/C13H17N3O/c1-2-9-17-12-5-3-11(4-6-12)10-16-13(14)7-8-15-16/h3-8H,2,9-10,14H2,1H3. The summed E-state index contributed by atoms with van der Waals surface area (Å²) < 4.78 is 7.29. The van der Waals surface area contributed by atoms with Crippen LogP contribution < -0.4 is 10.5 Å². The second-order valence-electron chi connectivity index (χ2n) is 3.91. The van der Waals surface area contributed by atoms with Crippen LogP contribution in [0.5, 0.6) is 5.75 Å². The maximum Gasteiger partial charge on any atom is 0.122 e. The van der Waals surface area contributed by atoms with Crippen LogP contribution in [0.2, 0.25) is 0 Å². The first-order valence-corrected chi connectivity index (χ1v) is 5.78. The van der Waals surface area contributed by atoms with E-state index in [4.69, 9.17) is 10.5 Å². The van der Waals surface area contributed by atoms with Gasteiger partial charge in [-0.15, -0.1) is 0 Å². The first-order valence-electron chi connectivity index (χ1n) is 5.78. The summed E-state index contributed by atoms with van der Waals surface area (Å²) in [6, 6.07) is 9.81. The van der Waals surface area contributed by atoms with Gasteiger partial charge in [0.05, 0.1) is 19.3 Å². The average Bonchev–Trinajstić information content (AvgIpc) is 2.74. The summed E-state index contributed by atoms with van der Waals surface area (Å²) in [5.41, 5.74) is 6.92. The predicted molar refractivity (Wildman–Crippen MR) is 68.0 cm³/mol. The second kappa shape index (κ2) is 5.39. The molecule has 0 bridgehead atoms. The van der Waals surface area contributed by atoms with Crippen LogP contribution in [0.4, 0.5) is 5.82 Å². The first-order chi connectivity index (χ1) is 8.29. The van der Waals surface area contributed by atoms with Gasteiger partial charge in [-0.3, -0.25) is 0 Å². The minimum atomic E-state index is 0.677. The Balaban J connectivity index is 2.01. The number of rotatable bonds is 5. The van der Waals surface area contributed by atoms with Gasteiger partial charge in [-0.2, -0.15) is 5.10 Å². The molecule has 0 saturated heterocycles. The van der Waals surface area contributed by atoms with Crippen molar-refractivity contribution >= 4 is 5.82 Å². The molecule has 0 amide bonds. The number of nitrogen functional groups attached to an aromatic ring is 1. The molecular weight excluding hydrogens is 214 g/mol. The molecule has 0 unspecified atom stereocenters. The Morgan fingerprint density at radius 3 is 2.59 bits per heavy atom. The Bertz CT molecular complexity index is 462. The molecule has 4 nitrogen and oxygen atoms in total. The van der Waals surface area contributed by atoms with E-state index in [0.717, 1.165) is 24.3 Å². The van der Waals surface area contributed by atoms with Gasteiger partial charge in [-0.05, 0) is 30.2 Å².